The highest BCUT2D eigenvalue weighted by Gasteiger charge is 2.12. The molecular weight excluding hydrogens is 327 g/mol. The van der Waals surface area contributed by atoms with Crippen LogP contribution in [0.4, 0.5) is 4.39 Å². The molecule has 0 aliphatic heterocycles. The lowest BCUT2D eigenvalue weighted by Crippen LogP contribution is -2.30. The van der Waals surface area contributed by atoms with E-state index in [-0.39, 0.29) is 11.7 Å². The minimum atomic E-state index is -1.84. The van der Waals surface area contributed by atoms with Gasteiger partial charge in [0.25, 0.3) is 0 Å². The number of carbonyl (C=O) groups excluding carboxylic acids is 1. The predicted octanol–water partition coefficient (Wildman–Crippen LogP) is 3.90. The van der Waals surface area contributed by atoms with Crippen LogP contribution in [0.25, 0.3) is 11.1 Å². The third-order valence-corrected chi connectivity index (χ3v) is 4.41. The van der Waals surface area contributed by atoms with Crippen molar-refractivity contribution in [2.45, 2.75) is 31.2 Å². The Kier molecular flexibility index (Phi) is 6.23. The van der Waals surface area contributed by atoms with Gasteiger partial charge < -0.3 is 14.3 Å². The lowest BCUT2D eigenvalue weighted by molar-refractivity contribution is -0.119. The highest BCUT2D eigenvalue weighted by Crippen LogP contribution is 2.22. The summed E-state index contributed by atoms with van der Waals surface area (Å²) in [5.74, 6) is -0.666. The molecule has 0 saturated carbocycles. The molecule has 0 heterocycles. The maximum absolute atomic E-state index is 13.3. The molecular formula is C18H20FN2O2S-. The molecule has 6 heteroatoms. The lowest BCUT2D eigenvalue weighted by atomic mass is 10.0. The van der Waals surface area contributed by atoms with E-state index in [0.29, 0.717) is 22.4 Å². The molecule has 0 unspecified atom stereocenters. The zero-order valence-corrected chi connectivity index (χ0v) is 14.4. The molecule has 0 aromatic heterocycles. The van der Waals surface area contributed by atoms with Crippen LogP contribution < -0.4 is 5.73 Å². The molecule has 2 aromatic rings. The Labute approximate surface area is 143 Å². The smallest absolute Gasteiger partial charge is 0.239 e. The van der Waals surface area contributed by atoms with E-state index in [0.717, 1.165) is 0 Å². The van der Waals surface area contributed by atoms with Gasteiger partial charge in [-0.1, -0.05) is 55.1 Å². The highest BCUT2D eigenvalue weighted by molar-refractivity contribution is 7.75. The van der Waals surface area contributed by atoms with Gasteiger partial charge in [-0.25, -0.2) is 4.39 Å². The molecule has 0 fully saturated rings. The lowest BCUT2D eigenvalue weighted by Gasteiger charge is -2.13. The number of amides is 1. The third-order valence-electron chi connectivity index (χ3n) is 3.41. The zero-order chi connectivity index (χ0) is 17.7. The topological polar surface area (TPSA) is 72.5 Å². The van der Waals surface area contributed by atoms with E-state index >= 15 is 0 Å². The van der Waals surface area contributed by atoms with Crippen molar-refractivity contribution in [3.63, 3.8) is 0 Å². The molecule has 0 bridgehead atoms. The fraction of sp³-hybridized carbons (Fsp3) is 0.278. The van der Waals surface area contributed by atoms with Gasteiger partial charge in [0.2, 0.25) is 5.91 Å². The number of benzene rings is 2. The van der Waals surface area contributed by atoms with Gasteiger partial charge in [-0.15, -0.1) is 0 Å². The Morgan fingerprint density at radius 3 is 2.42 bits per heavy atom. The van der Waals surface area contributed by atoms with Crippen LogP contribution in [0.15, 0.2) is 57.8 Å². The maximum atomic E-state index is 13.3. The largest absolute Gasteiger partial charge is 0.440 e. The predicted molar refractivity (Wildman–Crippen MR) is 93.0 cm³/mol. The molecule has 1 amide bonds. The van der Waals surface area contributed by atoms with E-state index in [1.54, 1.807) is 36.4 Å². The summed E-state index contributed by atoms with van der Waals surface area (Å²) in [6.07, 6.45) is 0.489. The number of nitrogens with two attached hydrogens (primary N) is 1. The molecule has 0 radical (unpaired) electrons. The number of nitrogens with zero attached hydrogens (tertiary/aromatic N) is 1. The molecule has 4 nitrogen and oxygen atoms in total. The normalized spacial score (nSPS) is 13.9. The highest BCUT2D eigenvalue weighted by atomic mass is 32.2. The molecule has 24 heavy (non-hydrogen) atoms. The van der Waals surface area contributed by atoms with E-state index < -0.39 is 22.5 Å². The summed E-state index contributed by atoms with van der Waals surface area (Å²) in [7, 11) is -1.84. The van der Waals surface area contributed by atoms with Gasteiger partial charge >= 0.3 is 0 Å². The van der Waals surface area contributed by atoms with Crippen LogP contribution in [-0.2, 0) is 19.6 Å². The van der Waals surface area contributed by atoms with E-state index in [1.807, 2.05) is 13.8 Å². The first kappa shape index (κ1) is 18.3. The molecule has 0 aliphatic carbocycles. The van der Waals surface area contributed by atoms with Crippen molar-refractivity contribution in [1.82, 2.24) is 0 Å². The number of rotatable bonds is 5. The molecule has 0 saturated heterocycles. The van der Waals surface area contributed by atoms with Gasteiger partial charge in [-0.05, 0) is 35.6 Å². The van der Waals surface area contributed by atoms with Crippen molar-refractivity contribution in [3.05, 3.63) is 54.3 Å². The number of hydrogen-bond donors (Lipinski definition) is 1. The van der Waals surface area contributed by atoms with Gasteiger partial charge in [0, 0.05) is 0 Å². The Morgan fingerprint density at radius 1 is 1.17 bits per heavy atom. The minimum absolute atomic E-state index is 0.254. The Bertz CT molecular complexity index is 814. The van der Waals surface area contributed by atoms with Crippen LogP contribution in [0.1, 0.15) is 20.3 Å². The summed E-state index contributed by atoms with van der Waals surface area (Å²) < 4.78 is 29.3. The van der Waals surface area contributed by atoms with E-state index in [1.165, 1.54) is 12.1 Å². The van der Waals surface area contributed by atoms with Crippen LogP contribution in [0.5, 0.6) is 0 Å². The first-order valence-electron chi connectivity index (χ1n) is 7.66. The summed E-state index contributed by atoms with van der Waals surface area (Å²) >= 11 is 0. The van der Waals surface area contributed by atoms with Crippen molar-refractivity contribution in [3.8, 4) is 11.1 Å². The fourth-order valence-electron chi connectivity index (χ4n) is 2.26. The van der Waals surface area contributed by atoms with Crippen molar-refractivity contribution >= 4 is 16.5 Å². The summed E-state index contributed by atoms with van der Waals surface area (Å²) in [5.41, 5.74) is 7.13. The van der Waals surface area contributed by atoms with Gasteiger partial charge in [0.1, 0.15) is 5.82 Å². The number of hydrogen-bond acceptors (Lipinski definition) is 4. The van der Waals surface area contributed by atoms with Crippen LogP contribution in [0.3, 0.4) is 0 Å². The monoisotopic (exact) mass is 347 g/mol. The van der Waals surface area contributed by atoms with Gasteiger partial charge in [-0.3, -0.25) is 4.79 Å². The summed E-state index contributed by atoms with van der Waals surface area (Å²) in [6, 6.07) is 12.1. The summed E-state index contributed by atoms with van der Waals surface area (Å²) in [6.45, 7) is 3.90. The molecule has 0 aliphatic rings. The van der Waals surface area contributed by atoms with E-state index in [9.17, 15) is 13.4 Å². The van der Waals surface area contributed by atoms with E-state index in [2.05, 4.69) is 4.36 Å². The summed E-state index contributed by atoms with van der Waals surface area (Å²) in [5, 5.41) is 0. The third kappa shape index (κ3) is 4.97. The second-order valence-corrected chi connectivity index (χ2v) is 7.11. The zero-order valence-electron chi connectivity index (χ0n) is 13.6. The van der Waals surface area contributed by atoms with Crippen LogP contribution in [0.2, 0.25) is 0 Å². The number of halogens is 1. The Hall–Kier alpha value is -2.05. The second-order valence-electron chi connectivity index (χ2n) is 5.95. The molecule has 128 valence electrons. The molecule has 2 rings (SSSR count). The van der Waals surface area contributed by atoms with E-state index in [4.69, 9.17) is 5.73 Å². The SMILES string of the molecule is CC(C)C[C@H](N)C(=O)N=[S-](=O)c1cccc(-c2cccc(F)c2)c1. The van der Waals surface area contributed by atoms with Crippen molar-refractivity contribution in [2.75, 3.05) is 0 Å². The maximum Gasteiger partial charge on any atom is 0.239 e. The van der Waals surface area contributed by atoms with Gasteiger partial charge in [-0.2, -0.15) is 10.6 Å². The second kappa shape index (κ2) is 8.17. The molecule has 0 spiro atoms. The standard InChI is InChI=1S/C18H20FN2O2S/c1-12(2)9-17(20)18(22)21-24(23)16-8-4-6-14(11-16)13-5-3-7-15(19)10-13/h3-8,10-12,17H,9,20H2,1-2H3/q-1/t17-/m0/s1. The summed E-state index contributed by atoms with van der Waals surface area (Å²) in [4.78, 5) is 12.3. The van der Waals surface area contributed by atoms with Crippen molar-refractivity contribution < 1.29 is 13.4 Å². The number of carbonyl (C=O) groups is 1. The fourth-order valence-corrected chi connectivity index (χ4v) is 3.09. The first-order valence-corrected chi connectivity index (χ1v) is 8.76. The molecule has 2 aromatic carbocycles. The molecule has 1 atom stereocenters. The van der Waals surface area contributed by atoms with Crippen molar-refractivity contribution in [2.24, 2.45) is 16.0 Å². The Balaban J connectivity index is 2.26. The van der Waals surface area contributed by atoms with Gasteiger partial charge in [0.05, 0.1) is 6.04 Å². The van der Waals surface area contributed by atoms with Crippen LogP contribution >= 0.6 is 0 Å². The van der Waals surface area contributed by atoms with Crippen LogP contribution in [0, 0.1) is 11.7 Å². The van der Waals surface area contributed by atoms with Crippen LogP contribution in [-0.4, -0.2) is 11.9 Å². The quantitative estimate of drug-likeness (QED) is 0.834. The average molecular weight is 347 g/mol. The average Bonchev–Trinajstić information content (AvgIpc) is 2.54. The van der Waals surface area contributed by atoms with Crippen molar-refractivity contribution in [1.29, 1.82) is 0 Å². The Morgan fingerprint density at radius 2 is 1.79 bits per heavy atom. The minimum Gasteiger partial charge on any atom is -0.440 e. The van der Waals surface area contributed by atoms with Gasteiger partial charge in [0.15, 0.2) is 0 Å². The molecule has 2 N–H and O–H groups in total. The first-order chi connectivity index (χ1) is 11.4.